The second-order valence-electron chi connectivity index (χ2n) is 5.46. The van der Waals surface area contributed by atoms with Crippen LogP contribution >= 0.6 is 0 Å². The normalized spacial score (nSPS) is 27.9. The minimum Gasteiger partial charge on any atom is -0.480 e. The van der Waals surface area contributed by atoms with Gasteiger partial charge in [0.2, 0.25) is 11.8 Å². The van der Waals surface area contributed by atoms with Gasteiger partial charge in [0, 0.05) is 19.0 Å². The second kappa shape index (κ2) is 6.00. The number of hydrogen-bond acceptors (Lipinski definition) is 5. The highest BCUT2D eigenvalue weighted by atomic mass is 32.2. The van der Waals surface area contributed by atoms with E-state index in [1.807, 2.05) is 0 Å². The van der Waals surface area contributed by atoms with Crippen LogP contribution in [0.25, 0.3) is 0 Å². The van der Waals surface area contributed by atoms with Gasteiger partial charge < -0.3 is 15.3 Å². The number of hydrogen-bond donors (Lipinski definition) is 2. The molecule has 0 aromatic carbocycles. The average Bonchev–Trinajstić information content (AvgIpc) is 2.76. The highest BCUT2D eigenvalue weighted by Gasteiger charge is 2.38. The van der Waals surface area contributed by atoms with Gasteiger partial charge >= 0.3 is 5.97 Å². The number of sulfone groups is 1. The predicted octanol–water partition coefficient (Wildman–Crippen LogP) is -1.39. The zero-order valence-electron chi connectivity index (χ0n) is 11.4. The van der Waals surface area contributed by atoms with Gasteiger partial charge in [-0.25, -0.2) is 8.42 Å². The monoisotopic (exact) mass is 318 g/mol. The summed E-state index contributed by atoms with van der Waals surface area (Å²) in [6, 6.07) is -0.587. The Kier molecular flexibility index (Phi) is 4.50. The summed E-state index contributed by atoms with van der Waals surface area (Å²) in [5, 5.41) is 11.5. The number of carbonyl (C=O) groups excluding carboxylic acids is 2. The SMILES string of the molecule is O=C(O)CN(C(=O)C1CCC(=O)NC1)C1CCS(=O)(=O)C1. The van der Waals surface area contributed by atoms with Crippen LogP contribution in [0.5, 0.6) is 0 Å². The standard InChI is InChI=1S/C12H18N2O6S/c15-10-2-1-8(5-13-10)12(18)14(6-11(16)17)9-3-4-21(19,20)7-9/h8-9H,1-7H2,(H,13,15)(H,16,17). The van der Waals surface area contributed by atoms with Crippen molar-refractivity contribution in [1.29, 1.82) is 0 Å². The van der Waals surface area contributed by atoms with Crippen LogP contribution in [0, 0.1) is 5.92 Å². The number of aliphatic carboxylic acids is 1. The summed E-state index contributed by atoms with van der Waals surface area (Å²) in [6.07, 6.45) is 0.848. The van der Waals surface area contributed by atoms with Crippen molar-refractivity contribution in [3.8, 4) is 0 Å². The summed E-state index contributed by atoms with van der Waals surface area (Å²) in [5.41, 5.74) is 0. The van der Waals surface area contributed by atoms with E-state index in [4.69, 9.17) is 5.11 Å². The zero-order chi connectivity index (χ0) is 15.6. The third kappa shape index (κ3) is 3.93. The largest absolute Gasteiger partial charge is 0.480 e. The molecule has 21 heavy (non-hydrogen) atoms. The highest BCUT2D eigenvalue weighted by molar-refractivity contribution is 7.91. The molecule has 2 unspecified atom stereocenters. The maximum Gasteiger partial charge on any atom is 0.323 e. The quantitative estimate of drug-likeness (QED) is 0.658. The molecule has 2 aliphatic heterocycles. The molecule has 8 nitrogen and oxygen atoms in total. The van der Waals surface area contributed by atoms with Crippen LogP contribution in [0.2, 0.25) is 0 Å². The Morgan fingerprint density at radius 1 is 1.33 bits per heavy atom. The molecule has 2 rings (SSSR count). The summed E-state index contributed by atoms with van der Waals surface area (Å²) < 4.78 is 23.1. The first kappa shape index (κ1) is 15.7. The lowest BCUT2D eigenvalue weighted by atomic mass is 9.96. The van der Waals surface area contributed by atoms with Gasteiger partial charge in [-0.3, -0.25) is 14.4 Å². The first-order valence-corrected chi connectivity index (χ1v) is 8.60. The van der Waals surface area contributed by atoms with Crippen molar-refractivity contribution in [2.45, 2.75) is 25.3 Å². The topological polar surface area (TPSA) is 121 Å². The minimum absolute atomic E-state index is 0.0253. The molecule has 0 radical (unpaired) electrons. The summed E-state index contributed by atoms with van der Waals surface area (Å²) in [5.74, 6) is -2.39. The molecule has 2 saturated heterocycles. The van der Waals surface area contributed by atoms with Gasteiger partial charge in [-0.05, 0) is 12.8 Å². The van der Waals surface area contributed by atoms with Crippen molar-refractivity contribution in [3.63, 3.8) is 0 Å². The van der Waals surface area contributed by atoms with Crippen LogP contribution in [0.3, 0.4) is 0 Å². The maximum absolute atomic E-state index is 12.5. The predicted molar refractivity (Wildman–Crippen MR) is 72.1 cm³/mol. The maximum atomic E-state index is 12.5. The zero-order valence-corrected chi connectivity index (χ0v) is 12.3. The third-order valence-electron chi connectivity index (χ3n) is 3.85. The smallest absolute Gasteiger partial charge is 0.323 e. The van der Waals surface area contributed by atoms with Crippen molar-refractivity contribution in [1.82, 2.24) is 10.2 Å². The van der Waals surface area contributed by atoms with Gasteiger partial charge in [0.25, 0.3) is 0 Å². The molecule has 0 aromatic heterocycles. The first-order chi connectivity index (χ1) is 9.78. The van der Waals surface area contributed by atoms with E-state index in [9.17, 15) is 22.8 Å². The van der Waals surface area contributed by atoms with Crippen molar-refractivity contribution < 1.29 is 27.9 Å². The minimum atomic E-state index is -3.21. The molecule has 2 heterocycles. The van der Waals surface area contributed by atoms with E-state index in [1.54, 1.807) is 0 Å². The van der Waals surface area contributed by atoms with E-state index in [-0.39, 0.29) is 42.7 Å². The van der Waals surface area contributed by atoms with Crippen molar-refractivity contribution in [3.05, 3.63) is 0 Å². The van der Waals surface area contributed by atoms with Gasteiger partial charge in [0.05, 0.1) is 17.4 Å². The Bertz CT molecular complexity index is 548. The van der Waals surface area contributed by atoms with Crippen LogP contribution in [-0.2, 0) is 24.2 Å². The Labute approximate surface area is 122 Å². The molecule has 2 atom stereocenters. The molecule has 0 spiro atoms. The fourth-order valence-corrected chi connectivity index (χ4v) is 4.46. The molecule has 2 N–H and O–H groups in total. The van der Waals surface area contributed by atoms with Crippen molar-refractivity contribution >= 4 is 27.6 Å². The molecule has 9 heteroatoms. The van der Waals surface area contributed by atoms with Gasteiger partial charge in [0.1, 0.15) is 6.54 Å². The lowest BCUT2D eigenvalue weighted by Gasteiger charge is -2.32. The van der Waals surface area contributed by atoms with Crippen LogP contribution in [-0.4, -0.2) is 66.8 Å². The highest BCUT2D eigenvalue weighted by Crippen LogP contribution is 2.22. The molecule has 2 fully saturated rings. The van der Waals surface area contributed by atoms with Crippen molar-refractivity contribution in [2.24, 2.45) is 5.92 Å². The number of rotatable bonds is 4. The van der Waals surface area contributed by atoms with Gasteiger partial charge in [-0.2, -0.15) is 0 Å². The molecule has 0 bridgehead atoms. The Morgan fingerprint density at radius 2 is 2.05 bits per heavy atom. The Balaban J connectivity index is 2.10. The van der Waals surface area contributed by atoms with Gasteiger partial charge in [0.15, 0.2) is 9.84 Å². The lowest BCUT2D eigenvalue weighted by Crippen LogP contribution is -2.50. The number of piperidine rings is 1. The number of nitrogens with zero attached hydrogens (tertiary/aromatic N) is 1. The molecular weight excluding hydrogens is 300 g/mol. The Hall–Kier alpha value is -1.64. The fraction of sp³-hybridized carbons (Fsp3) is 0.750. The van der Waals surface area contributed by atoms with Crippen LogP contribution in [0.4, 0.5) is 0 Å². The van der Waals surface area contributed by atoms with E-state index in [1.165, 1.54) is 0 Å². The average molecular weight is 318 g/mol. The van der Waals surface area contributed by atoms with E-state index in [0.29, 0.717) is 6.42 Å². The molecule has 2 amide bonds. The summed E-state index contributed by atoms with van der Waals surface area (Å²) in [4.78, 5) is 35.7. The van der Waals surface area contributed by atoms with E-state index in [2.05, 4.69) is 5.32 Å². The summed E-state index contributed by atoms with van der Waals surface area (Å²) >= 11 is 0. The van der Waals surface area contributed by atoms with E-state index in [0.717, 1.165) is 4.90 Å². The van der Waals surface area contributed by atoms with Crippen LogP contribution in [0.1, 0.15) is 19.3 Å². The molecular formula is C12H18N2O6S. The third-order valence-corrected chi connectivity index (χ3v) is 5.60. The van der Waals surface area contributed by atoms with E-state index >= 15 is 0 Å². The molecule has 0 aliphatic carbocycles. The molecule has 2 aliphatic rings. The molecule has 0 aromatic rings. The van der Waals surface area contributed by atoms with Crippen LogP contribution < -0.4 is 5.32 Å². The number of carboxylic acids is 1. The van der Waals surface area contributed by atoms with E-state index < -0.39 is 34.3 Å². The number of nitrogens with one attached hydrogen (secondary N) is 1. The molecule has 0 saturated carbocycles. The van der Waals surface area contributed by atoms with Crippen molar-refractivity contribution in [2.75, 3.05) is 24.6 Å². The van der Waals surface area contributed by atoms with Crippen LogP contribution in [0.15, 0.2) is 0 Å². The summed E-state index contributed by atoms with van der Waals surface area (Å²) in [6.45, 7) is -0.337. The van der Waals surface area contributed by atoms with Gasteiger partial charge in [-0.1, -0.05) is 0 Å². The Morgan fingerprint density at radius 3 is 2.52 bits per heavy atom. The fourth-order valence-electron chi connectivity index (χ4n) is 2.73. The second-order valence-corrected chi connectivity index (χ2v) is 7.69. The number of carboxylic acid groups (broad SMARTS) is 1. The first-order valence-electron chi connectivity index (χ1n) is 6.78. The van der Waals surface area contributed by atoms with Gasteiger partial charge in [-0.15, -0.1) is 0 Å². The summed E-state index contributed by atoms with van der Waals surface area (Å²) in [7, 11) is -3.21. The molecule has 118 valence electrons. The number of amides is 2. The lowest BCUT2D eigenvalue weighted by molar-refractivity contribution is -0.148. The number of carbonyl (C=O) groups is 3.